The Hall–Kier alpha value is -3.36. The lowest BCUT2D eigenvalue weighted by Crippen LogP contribution is -2.16. The third kappa shape index (κ3) is 2.98. The van der Waals surface area contributed by atoms with Crippen molar-refractivity contribution in [2.45, 2.75) is 19.5 Å². The first kappa shape index (κ1) is 18.0. The van der Waals surface area contributed by atoms with Gasteiger partial charge in [0, 0.05) is 29.6 Å². The fourth-order valence-electron chi connectivity index (χ4n) is 3.38. The molecule has 0 saturated heterocycles. The van der Waals surface area contributed by atoms with Gasteiger partial charge >= 0.3 is 6.18 Å². The summed E-state index contributed by atoms with van der Waals surface area (Å²) in [5.74, 6) is -0.0273. The number of aryl methyl sites for hydroxylation is 1. The van der Waals surface area contributed by atoms with Crippen molar-refractivity contribution in [1.82, 2.24) is 14.5 Å². The molecule has 0 atom stereocenters. The molecule has 1 aliphatic heterocycles. The van der Waals surface area contributed by atoms with Gasteiger partial charge in [0.15, 0.2) is 0 Å². The summed E-state index contributed by atoms with van der Waals surface area (Å²) >= 11 is 0. The molecule has 6 nitrogen and oxygen atoms in total. The number of fused-ring (bicyclic) bond motifs is 1. The molecule has 0 saturated carbocycles. The van der Waals surface area contributed by atoms with Gasteiger partial charge in [0.05, 0.1) is 11.3 Å². The molecule has 1 aliphatic rings. The number of nitrogens with two attached hydrogens (primary N) is 1. The number of aromatic nitrogens is 3. The SMILES string of the molecule is Cc1ccc(C(F)(F)F)cc1-n1cc(-c2ncnc3c2CCN3)cc1C(N)=O. The lowest BCUT2D eigenvalue weighted by atomic mass is 10.1. The highest BCUT2D eigenvalue weighted by Gasteiger charge is 2.31. The minimum absolute atomic E-state index is 0.0794. The molecule has 0 spiro atoms. The van der Waals surface area contributed by atoms with Crippen LogP contribution in [0, 0.1) is 6.92 Å². The Kier molecular flexibility index (Phi) is 4.10. The van der Waals surface area contributed by atoms with Crippen LogP contribution in [0.25, 0.3) is 16.9 Å². The van der Waals surface area contributed by atoms with E-state index in [0.29, 0.717) is 29.1 Å². The van der Waals surface area contributed by atoms with Gasteiger partial charge in [-0.2, -0.15) is 13.2 Å². The molecule has 0 aliphatic carbocycles. The summed E-state index contributed by atoms with van der Waals surface area (Å²) in [6.07, 6.45) is -0.789. The standard InChI is InChI=1S/C19H16F3N5O/c1-10-2-3-12(19(20,21)22)7-14(10)27-8-11(6-15(27)17(23)28)16-13-4-5-24-18(13)26-9-25-16/h2-3,6-9H,4-5H2,1H3,(H2,23,28)(H,24,25,26). The normalized spacial score (nSPS) is 13.3. The van der Waals surface area contributed by atoms with E-state index in [-0.39, 0.29) is 11.4 Å². The maximum Gasteiger partial charge on any atom is 0.416 e. The molecule has 1 amide bonds. The van der Waals surface area contributed by atoms with E-state index < -0.39 is 17.6 Å². The van der Waals surface area contributed by atoms with E-state index in [4.69, 9.17) is 5.73 Å². The van der Waals surface area contributed by atoms with E-state index >= 15 is 0 Å². The van der Waals surface area contributed by atoms with E-state index in [2.05, 4.69) is 15.3 Å². The molecule has 3 aromatic rings. The summed E-state index contributed by atoms with van der Waals surface area (Å²) in [5.41, 5.74) is 7.71. The number of rotatable bonds is 3. The minimum Gasteiger partial charge on any atom is -0.369 e. The van der Waals surface area contributed by atoms with Gasteiger partial charge in [-0.25, -0.2) is 9.97 Å². The summed E-state index contributed by atoms with van der Waals surface area (Å²) in [6.45, 7) is 2.39. The molecule has 2 aromatic heterocycles. The fourth-order valence-corrected chi connectivity index (χ4v) is 3.38. The monoisotopic (exact) mass is 387 g/mol. The number of halogens is 3. The molecule has 3 heterocycles. The smallest absolute Gasteiger partial charge is 0.369 e. The van der Waals surface area contributed by atoms with Crippen molar-refractivity contribution in [3.63, 3.8) is 0 Å². The van der Waals surface area contributed by atoms with E-state index in [1.54, 1.807) is 19.2 Å². The number of alkyl halides is 3. The average Bonchev–Trinajstić information content (AvgIpc) is 3.28. The summed E-state index contributed by atoms with van der Waals surface area (Å²) < 4.78 is 40.9. The minimum atomic E-state index is -4.50. The van der Waals surface area contributed by atoms with Crippen molar-refractivity contribution in [2.24, 2.45) is 5.73 Å². The molecular formula is C19H16F3N5O. The summed E-state index contributed by atoms with van der Waals surface area (Å²) in [5, 5.41) is 3.14. The van der Waals surface area contributed by atoms with Crippen LogP contribution in [-0.2, 0) is 12.6 Å². The highest BCUT2D eigenvalue weighted by molar-refractivity contribution is 5.94. The zero-order valence-corrected chi connectivity index (χ0v) is 14.8. The van der Waals surface area contributed by atoms with Crippen LogP contribution in [0.5, 0.6) is 0 Å². The Labute approximate surface area is 158 Å². The Morgan fingerprint density at radius 1 is 1.25 bits per heavy atom. The first-order chi connectivity index (χ1) is 13.3. The van der Waals surface area contributed by atoms with Crippen molar-refractivity contribution in [1.29, 1.82) is 0 Å². The van der Waals surface area contributed by atoms with E-state index in [1.165, 1.54) is 17.0 Å². The van der Waals surface area contributed by atoms with Gasteiger partial charge in [-0.15, -0.1) is 0 Å². The number of anilines is 1. The van der Waals surface area contributed by atoms with Crippen LogP contribution in [-0.4, -0.2) is 27.0 Å². The Morgan fingerprint density at radius 3 is 2.75 bits per heavy atom. The predicted molar refractivity (Wildman–Crippen MR) is 97.2 cm³/mol. The topological polar surface area (TPSA) is 85.8 Å². The number of carbonyl (C=O) groups excluding carboxylic acids is 1. The second-order valence-corrected chi connectivity index (χ2v) is 6.57. The highest BCUT2D eigenvalue weighted by atomic mass is 19.4. The lowest BCUT2D eigenvalue weighted by molar-refractivity contribution is -0.137. The second-order valence-electron chi connectivity index (χ2n) is 6.57. The van der Waals surface area contributed by atoms with E-state index in [9.17, 15) is 18.0 Å². The van der Waals surface area contributed by atoms with Gasteiger partial charge in [-0.1, -0.05) is 6.07 Å². The van der Waals surface area contributed by atoms with Gasteiger partial charge in [-0.3, -0.25) is 4.79 Å². The number of carbonyl (C=O) groups is 1. The van der Waals surface area contributed by atoms with Crippen molar-refractivity contribution in [2.75, 3.05) is 11.9 Å². The summed E-state index contributed by atoms with van der Waals surface area (Å²) in [4.78, 5) is 20.5. The zero-order chi connectivity index (χ0) is 20.1. The number of amides is 1. The Bertz CT molecular complexity index is 1090. The van der Waals surface area contributed by atoms with Crippen molar-refractivity contribution in [3.05, 3.63) is 59.2 Å². The molecule has 9 heteroatoms. The Balaban J connectivity index is 1.90. The van der Waals surface area contributed by atoms with E-state index in [1.807, 2.05) is 0 Å². The lowest BCUT2D eigenvalue weighted by Gasteiger charge is -2.14. The molecule has 144 valence electrons. The first-order valence-corrected chi connectivity index (χ1v) is 8.54. The molecule has 0 unspecified atom stereocenters. The van der Waals surface area contributed by atoms with Gasteiger partial charge < -0.3 is 15.6 Å². The zero-order valence-electron chi connectivity index (χ0n) is 14.8. The van der Waals surface area contributed by atoms with Crippen LogP contribution < -0.4 is 11.1 Å². The number of nitrogens with one attached hydrogen (secondary N) is 1. The van der Waals surface area contributed by atoms with Crippen LogP contribution in [0.1, 0.15) is 27.2 Å². The van der Waals surface area contributed by atoms with Gasteiger partial charge in [0.25, 0.3) is 5.91 Å². The second kappa shape index (κ2) is 6.36. The summed E-state index contributed by atoms with van der Waals surface area (Å²) in [6, 6.07) is 4.94. The number of benzene rings is 1. The van der Waals surface area contributed by atoms with Crippen LogP contribution in [0.15, 0.2) is 36.8 Å². The van der Waals surface area contributed by atoms with Crippen molar-refractivity contribution >= 4 is 11.7 Å². The molecule has 0 bridgehead atoms. The quantitative estimate of drug-likeness (QED) is 0.722. The maximum atomic E-state index is 13.2. The Morgan fingerprint density at radius 2 is 2.04 bits per heavy atom. The molecule has 1 aromatic carbocycles. The number of nitrogens with zero attached hydrogens (tertiary/aromatic N) is 3. The maximum absolute atomic E-state index is 13.2. The van der Waals surface area contributed by atoms with Crippen molar-refractivity contribution in [3.8, 4) is 16.9 Å². The largest absolute Gasteiger partial charge is 0.416 e. The number of primary amides is 1. The highest BCUT2D eigenvalue weighted by Crippen LogP contribution is 2.34. The van der Waals surface area contributed by atoms with Gasteiger partial charge in [0.2, 0.25) is 0 Å². The molecule has 0 radical (unpaired) electrons. The third-order valence-electron chi connectivity index (χ3n) is 4.75. The first-order valence-electron chi connectivity index (χ1n) is 8.54. The van der Waals surface area contributed by atoms with Crippen LogP contribution in [0.2, 0.25) is 0 Å². The number of hydrogen-bond donors (Lipinski definition) is 2. The molecule has 4 rings (SSSR count). The molecule has 28 heavy (non-hydrogen) atoms. The van der Waals surface area contributed by atoms with Gasteiger partial charge in [0.1, 0.15) is 17.8 Å². The summed E-state index contributed by atoms with van der Waals surface area (Å²) in [7, 11) is 0. The van der Waals surface area contributed by atoms with Crippen LogP contribution in [0.4, 0.5) is 19.0 Å². The number of hydrogen-bond acceptors (Lipinski definition) is 4. The van der Waals surface area contributed by atoms with Crippen LogP contribution >= 0.6 is 0 Å². The molecule has 3 N–H and O–H groups in total. The average molecular weight is 387 g/mol. The molecular weight excluding hydrogens is 371 g/mol. The van der Waals surface area contributed by atoms with Crippen LogP contribution in [0.3, 0.4) is 0 Å². The van der Waals surface area contributed by atoms with Gasteiger partial charge in [-0.05, 0) is 37.1 Å². The fraction of sp³-hybridized carbons (Fsp3) is 0.211. The molecule has 0 fully saturated rings. The predicted octanol–water partition coefficient (Wildman–Crippen LogP) is 3.33. The third-order valence-corrected chi connectivity index (χ3v) is 4.75. The van der Waals surface area contributed by atoms with Crippen molar-refractivity contribution < 1.29 is 18.0 Å². The van der Waals surface area contributed by atoms with E-state index in [0.717, 1.165) is 24.2 Å².